The molecule has 0 saturated carbocycles. The van der Waals surface area contributed by atoms with Gasteiger partial charge in [-0.2, -0.15) is 0 Å². The highest BCUT2D eigenvalue weighted by Gasteiger charge is 2.05. The largest absolute Gasteiger partial charge is 0.465 e. The molecule has 0 aliphatic carbocycles. The second-order valence-electron chi connectivity index (χ2n) is 4.20. The van der Waals surface area contributed by atoms with E-state index in [1.54, 1.807) is 47.6 Å². The number of imidazole rings is 1. The molecule has 1 heterocycles. The molecular formula is C14H15N3O3. The van der Waals surface area contributed by atoms with Crippen molar-refractivity contribution in [1.29, 1.82) is 0 Å². The summed E-state index contributed by atoms with van der Waals surface area (Å²) in [4.78, 5) is 26.8. The predicted octanol–water partition coefficient (Wildman–Crippen LogP) is 0.986. The van der Waals surface area contributed by atoms with Gasteiger partial charge < -0.3 is 14.6 Å². The number of benzene rings is 1. The first-order valence-electron chi connectivity index (χ1n) is 6.09. The molecule has 1 N–H and O–H groups in total. The summed E-state index contributed by atoms with van der Waals surface area (Å²) >= 11 is 0. The highest BCUT2D eigenvalue weighted by molar-refractivity contribution is 5.89. The maximum Gasteiger partial charge on any atom is 0.337 e. The molecule has 104 valence electrons. The topological polar surface area (TPSA) is 73.2 Å². The van der Waals surface area contributed by atoms with Gasteiger partial charge in [0.2, 0.25) is 5.91 Å². The average Bonchev–Trinajstić information content (AvgIpc) is 2.97. The van der Waals surface area contributed by atoms with E-state index >= 15 is 0 Å². The molecule has 1 aromatic carbocycles. The van der Waals surface area contributed by atoms with E-state index in [-0.39, 0.29) is 18.4 Å². The van der Waals surface area contributed by atoms with Gasteiger partial charge in [0.15, 0.2) is 0 Å². The van der Waals surface area contributed by atoms with Crippen LogP contribution < -0.4 is 5.32 Å². The van der Waals surface area contributed by atoms with Crippen molar-refractivity contribution in [1.82, 2.24) is 14.9 Å². The summed E-state index contributed by atoms with van der Waals surface area (Å²) in [6, 6.07) is 6.90. The van der Waals surface area contributed by atoms with Crippen molar-refractivity contribution in [2.24, 2.45) is 0 Å². The Morgan fingerprint density at radius 3 is 2.65 bits per heavy atom. The molecule has 1 amide bonds. The number of nitrogens with one attached hydrogen (secondary N) is 1. The van der Waals surface area contributed by atoms with E-state index in [2.05, 4.69) is 15.0 Å². The van der Waals surface area contributed by atoms with Crippen molar-refractivity contribution in [3.8, 4) is 0 Å². The van der Waals surface area contributed by atoms with Crippen molar-refractivity contribution in [2.45, 2.75) is 13.1 Å². The minimum atomic E-state index is -0.374. The van der Waals surface area contributed by atoms with Gasteiger partial charge in [0.1, 0.15) is 6.54 Å². The van der Waals surface area contributed by atoms with Gasteiger partial charge in [0.05, 0.1) is 19.0 Å². The maximum atomic E-state index is 11.7. The number of carbonyl (C=O) groups excluding carboxylic acids is 2. The Labute approximate surface area is 116 Å². The molecule has 0 unspecified atom stereocenters. The van der Waals surface area contributed by atoms with Gasteiger partial charge in [0, 0.05) is 18.9 Å². The van der Waals surface area contributed by atoms with E-state index in [0.29, 0.717) is 12.1 Å². The van der Waals surface area contributed by atoms with Crippen molar-refractivity contribution in [3.05, 3.63) is 54.1 Å². The van der Waals surface area contributed by atoms with Gasteiger partial charge in [-0.05, 0) is 17.7 Å². The van der Waals surface area contributed by atoms with Gasteiger partial charge in [-0.1, -0.05) is 12.1 Å². The number of methoxy groups -OCH3 is 1. The molecule has 0 fully saturated rings. The first-order chi connectivity index (χ1) is 9.69. The highest BCUT2D eigenvalue weighted by atomic mass is 16.5. The average molecular weight is 273 g/mol. The van der Waals surface area contributed by atoms with Crippen LogP contribution in [0.4, 0.5) is 0 Å². The fourth-order valence-electron chi connectivity index (χ4n) is 1.68. The molecule has 0 spiro atoms. The lowest BCUT2D eigenvalue weighted by Gasteiger charge is -2.06. The molecule has 2 aromatic rings. The van der Waals surface area contributed by atoms with Crippen molar-refractivity contribution >= 4 is 11.9 Å². The first-order valence-corrected chi connectivity index (χ1v) is 6.09. The van der Waals surface area contributed by atoms with Crippen LogP contribution in [0.3, 0.4) is 0 Å². The van der Waals surface area contributed by atoms with E-state index < -0.39 is 0 Å². The van der Waals surface area contributed by atoms with Gasteiger partial charge in [-0.25, -0.2) is 9.78 Å². The Balaban J connectivity index is 1.84. The highest BCUT2D eigenvalue weighted by Crippen LogP contribution is 2.05. The van der Waals surface area contributed by atoms with Crippen LogP contribution in [0.25, 0.3) is 0 Å². The zero-order valence-electron chi connectivity index (χ0n) is 11.1. The summed E-state index contributed by atoms with van der Waals surface area (Å²) in [5.41, 5.74) is 1.40. The van der Waals surface area contributed by atoms with Crippen LogP contribution in [-0.4, -0.2) is 28.5 Å². The van der Waals surface area contributed by atoms with Crippen LogP contribution in [-0.2, 0) is 22.6 Å². The summed E-state index contributed by atoms with van der Waals surface area (Å²) in [6.45, 7) is 0.648. The fourth-order valence-corrected chi connectivity index (χ4v) is 1.68. The number of hydrogen-bond acceptors (Lipinski definition) is 4. The van der Waals surface area contributed by atoms with Crippen molar-refractivity contribution in [2.75, 3.05) is 7.11 Å². The van der Waals surface area contributed by atoms with Crippen molar-refractivity contribution in [3.63, 3.8) is 0 Å². The van der Waals surface area contributed by atoms with E-state index in [9.17, 15) is 9.59 Å². The smallest absolute Gasteiger partial charge is 0.337 e. The van der Waals surface area contributed by atoms with Gasteiger partial charge in [0.25, 0.3) is 0 Å². The number of aromatic nitrogens is 2. The van der Waals surface area contributed by atoms with E-state index in [4.69, 9.17) is 0 Å². The number of carbonyl (C=O) groups is 2. The third kappa shape index (κ3) is 3.68. The van der Waals surface area contributed by atoms with Crippen LogP contribution in [0.2, 0.25) is 0 Å². The lowest BCUT2D eigenvalue weighted by atomic mass is 10.1. The monoisotopic (exact) mass is 273 g/mol. The van der Waals surface area contributed by atoms with E-state index in [1.165, 1.54) is 7.11 Å². The number of nitrogens with zero attached hydrogens (tertiary/aromatic N) is 2. The molecular weight excluding hydrogens is 258 g/mol. The summed E-state index contributed by atoms with van der Waals surface area (Å²) in [5.74, 6) is -0.472. The molecule has 6 nitrogen and oxygen atoms in total. The quantitative estimate of drug-likeness (QED) is 0.824. The van der Waals surface area contributed by atoms with Gasteiger partial charge in [-0.3, -0.25) is 4.79 Å². The molecule has 20 heavy (non-hydrogen) atoms. The fraction of sp³-hybridized carbons (Fsp3) is 0.214. The predicted molar refractivity (Wildman–Crippen MR) is 71.9 cm³/mol. The molecule has 2 rings (SSSR count). The Morgan fingerprint density at radius 2 is 2.05 bits per heavy atom. The molecule has 1 aromatic heterocycles. The Kier molecular flexibility index (Phi) is 4.49. The zero-order valence-corrected chi connectivity index (χ0v) is 11.1. The van der Waals surface area contributed by atoms with Crippen LogP contribution in [0.1, 0.15) is 15.9 Å². The van der Waals surface area contributed by atoms with Crippen molar-refractivity contribution < 1.29 is 14.3 Å². The maximum absolute atomic E-state index is 11.7. The molecule has 6 heteroatoms. The Bertz CT molecular complexity index is 576. The summed E-state index contributed by atoms with van der Waals surface area (Å²) in [5, 5.41) is 2.80. The summed E-state index contributed by atoms with van der Waals surface area (Å²) < 4.78 is 6.31. The van der Waals surface area contributed by atoms with Crippen LogP contribution in [0, 0.1) is 0 Å². The first kappa shape index (κ1) is 13.8. The SMILES string of the molecule is COC(=O)c1ccc(CNC(=O)Cn2ccnc2)cc1. The molecule has 0 aliphatic heterocycles. The molecule has 0 bridgehead atoms. The van der Waals surface area contributed by atoms with Crippen LogP contribution in [0.15, 0.2) is 43.0 Å². The molecule has 0 aliphatic rings. The number of amides is 1. The zero-order chi connectivity index (χ0) is 14.4. The minimum absolute atomic E-state index is 0.0972. The summed E-state index contributed by atoms with van der Waals surface area (Å²) in [6.07, 6.45) is 4.94. The number of esters is 1. The van der Waals surface area contributed by atoms with Crippen LogP contribution >= 0.6 is 0 Å². The van der Waals surface area contributed by atoms with Gasteiger partial charge >= 0.3 is 5.97 Å². The Hall–Kier alpha value is -2.63. The van der Waals surface area contributed by atoms with E-state index in [1.807, 2.05) is 0 Å². The third-order valence-electron chi connectivity index (χ3n) is 2.75. The normalized spacial score (nSPS) is 10.1. The molecule has 0 saturated heterocycles. The van der Waals surface area contributed by atoms with E-state index in [0.717, 1.165) is 5.56 Å². The Morgan fingerprint density at radius 1 is 1.30 bits per heavy atom. The minimum Gasteiger partial charge on any atom is -0.465 e. The second-order valence-corrected chi connectivity index (χ2v) is 4.20. The lowest BCUT2D eigenvalue weighted by Crippen LogP contribution is -2.26. The summed E-state index contributed by atoms with van der Waals surface area (Å²) in [7, 11) is 1.34. The lowest BCUT2D eigenvalue weighted by molar-refractivity contribution is -0.121. The number of hydrogen-bond donors (Lipinski definition) is 1. The van der Waals surface area contributed by atoms with Crippen LogP contribution in [0.5, 0.6) is 0 Å². The number of ether oxygens (including phenoxy) is 1. The van der Waals surface area contributed by atoms with Gasteiger partial charge in [-0.15, -0.1) is 0 Å². The number of rotatable bonds is 5. The standard InChI is InChI=1S/C14H15N3O3/c1-20-14(19)12-4-2-11(3-5-12)8-16-13(18)9-17-7-6-15-10-17/h2-7,10H,8-9H2,1H3,(H,16,18). The molecule has 0 atom stereocenters. The molecule has 0 radical (unpaired) electrons. The second kappa shape index (κ2) is 6.51. The third-order valence-corrected chi connectivity index (χ3v) is 2.75.